The molecule has 5 heterocycles. The summed E-state index contributed by atoms with van der Waals surface area (Å²) >= 11 is 0. The van der Waals surface area contributed by atoms with Gasteiger partial charge in [-0.1, -0.05) is 6.07 Å². The maximum atomic E-state index is 13.0. The molecule has 13 nitrogen and oxygen atoms in total. The van der Waals surface area contributed by atoms with Crippen LogP contribution in [0.3, 0.4) is 0 Å². The Morgan fingerprint density at radius 2 is 1.31 bits per heavy atom. The molecule has 3 aliphatic heterocycles. The lowest BCUT2D eigenvalue weighted by molar-refractivity contribution is -0.193. The molecule has 2 saturated heterocycles. The van der Waals surface area contributed by atoms with Gasteiger partial charge in [-0.2, -0.15) is 39.5 Å². The second-order valence-electron chi connectivity index (χ2n) is 10.6. The van der Waals surface area contributed by atoms with Crippen LogP contribution in [0.4, 0.5) is 39.5 Å². The first-order valence-corrected chi connectivity index (χ1v) is 14.1. The number of imidazole rings is 1. The molecule has 0 radical (unpaired) electrons. The Morgan fingerprint density at radius 1 is 0.816 bits per heavy atom. The van der Waals surface area contributed by atoms with Crippen LogP contribution in [-0.2, 0) is 42.6 Å². The predicted molar refractivity (Wildman–Crippen MR) is 144 cm³/mol. The monoisotopic (exact) mass is 723 g/mol. The van der Waals surface area contributed by atoms with Crippen molar-refractivity contribution in [3.05, 3.63) is 48.3 Å². The third kappa shape index (κ3) is 12.5. The molecule has 5 rings (SSSR count). The van der Waals surface area contributed by atoms with Gasteiger partial charge in [-0.05, 0) is 37.3 Å². The number of piperidine rings is 1. The molecular formula is C27H30F9N5O8. The number of aliphatic carboxylic acids is 3. The number of carboxylic acids is 3. The van der Waals surface area contributed by atoms with E-state index in [9.17, 15) is 44.3 Å². The van der Waals surface area contributed by atoms with Gasteiger partial charge in [0.25, 0.3) is 5.91 Å². The topological polar surface area (TPSA) is 175 Å². The van der Waals surface area contributed by atoms with Gasteiger partial charge in [0.1, 0.15) is 11.4 Å². The second kappa shape index (κ2) is 16.8. The van der Waals surface area contributed by atoms with E-state index in [-0.39, 0.29) is 5.91 Å². The highest BCUT2D eigenvalue weighted by molar-refractivity contribution is 5.81. The van der Waals surface area contributed by atoms with Crippen LogP contribution in [0.25, 0.3) is 0 Å². The molecule has 1 spiro atoms. The summed E-state index contributed by atoms with van der Waals surface area (Å²) in [5.41, 5.74) is 0.777. The van der Waals surface area contributed by atoms with Gasteiger partial charge in [0, 0.05) is 57.5 Å². The number of nitrogens with zero attached hydrogens (tertiary/aromatic N) is 5. The molecule has 3 N–H and O–H groups in total. The van der Waals surface area contributed by atoms with E-state index in [1.807, 2.05) is 35.8 Å². The lowest BCUT2D eigenvalue weighted by Crippen LogP contribution is -2.54. The number of aromatic nitrogens is 3. The third-order valence-electron chi connectivity index (χ3n) is 7.07. The molecule has 2 aromatic rings. The molecule has 1 unspecified atom stereocenters. The standard InChI is InChI=1S/C21H27N5O2.3C2HF3O2/c27-19(25-9-1-2-10-25)18-16-26-13-8-23-20(26)21(28-18)5-11-24(12-6-21)15-17-4-3-7-22-14-17;3*3-2(4,5)1(6)7/h3-4,7-8,13-14,18H,1-2,5-6,9-12,15-16H2;3*(H,6,7). The van der Waals surface area contributed by atoms with Crippen molar-refractivity contribution in [3.63, 3.8) is 0 Å². The van der Waals surface area contributed by atoms with Crippen LogP contribution < -0.4 is 0 Å². The highest BCUT2D eigenvalue weighted by atomic mass is 19.4. The zero-order valence-corrected chi connectivity index (χ0v) is 25.1. The van der Waals surface area contributed by atoms with E-state index < -0.39 is 48.1 Å². The summed E-state index contributed by atoms with van der Waals surface area (Å²) in [7, 11) is 0. The van der Waals surface area contributed by atoms with Gasteiger partial charge in [-0.15, -0.1) is 0 Å². The highest BCUT2D eigenvalue weighted by Crippen LogP contribution is 2.40. The fourth-order valence-electron chi connectivity index (χ4n) is 4.83. The minimum Gasteiger partial charge on any atom is -0.475 e. The Balaban J connectivity index is 0.000000325. The Morgan fingerprint density at radius 3 is 1.73 bits per heavy atom. The van der Waals surface area contributed by atoms with E-state index in [0.717, 1.165) is 64.2 Å². The maximum absolute atomic E-state index is 13.0. The van der Waals surface area contributed by atoms with Crippen LogP contribution in [0.2, 0.25) is 0 Å². The minimum absolute atomic E-state index is 0.147. The van der Waals surface area contributed by atoms with Crippen LogP contribution in [0.15, 0.2) is 36.9 Å². The van der Waals surface area contributed by atoms with Crippen molar-refractivity contribution in [1.82, 2.24) is 24.3 Å². The molecule has 49 heavy (non-hydrogen) atoms. The van der Waals surface area contributed by atoms with Gasteiger partial charge in [0.2, 0.25) is 0 Å². The van der Waals surface area contributed by atoms with Crippen LogP contribution in [-0.4, -0.2) is 114 Å². The molecule has 274 valence electrons. The quantitative estimate of drug-likeness (QED) is 0.394. The van der Waals surface area contributed by atoms with Crippen molar-refractivity contribution in [2.45, 2.75) is 69.0 Å². The van der Waals surface area contributed by atoms with E-state index >= 15 is 0 Å². The van der Waals surface area contributed by atoms with Gasteiger partial charge in [0.05, 0.1) is 6.54 Å². The molecule has 3 aliphatic rings. The Labute approximate surface area is 270 Å². The Kier molecular flexibility index (Phi) is 13.9. The summed E-state index contributed by atoms with van der Waals surface area (Å²) in [6.07, 6.45) is -4.17. The Bertz CT molecular complexity index is 1350. The van der Waals surface area contributed by atoms with Gasteiger partial charge in [-0.25, -0.2) is 19.4 Å². The zero-order chi connectivity index (χ0) is 37.2. The first kappa shape index (κ1) is 40.7. The Hall–Kier alpha value is -4.47. The van der Waals surface area contributed by atoms with Crippen LogP contribution in [0.5, 0.6) is 0 Å². The number of carbonyl (C=O) groups excluding carboxylic acids is 1. The van der Waals surface area contributed by atoms with Crippen molar-refractivity contribution in [2.75, 3.05) is 26.2 Å². The summed E-state index contributed by atoms with van der Waals surface area (Å²) in [5.74, 6) is -7.14. The molecule has 2 fully saturated rings. The zero-order valence-electron chi connectivity index (χ0n) is 25.1. The second-order valence-corrected chi connectivity index (χ2v) is 10.6. The molecule has 22 heteroatoms. The molecule has 1 amide bonds. The lowest BCUT2D eigenvalue weighted by Gasteiger charge is -2.46. The molecule has 0 bridgehead atoms. The van der Waals surface area contributed by atoms with Crippen molar-refractivity contribution in [3.8, 4) is 0 Å². The van der Waals surface area contributed by atoms with E-state index in [2.05, 4.69) is 25.5 Å². The van der Waals surface area contributed by atoms with Crippen LogP contribution in [0.1, 0.15) is 37.1 Å². The number of pyridine rings is 1. The van der Waals surface area contributed by atoms with Crippen molar-refractivity contribution in [1.29, 1.82) is 0 Å². The number of carbonyl (C=O) groups is 4. The van der Waals surface area contributed by atoms with Gasteiger partial charge in [0.15, 0.2) is 6.10 Å². The predicted octanol–water partition coefficient (Wildman–Crippen LogP) is 3.69. The first-order chi connectivity index (χ1) is 22.6. The molecular weight excluding hydrogens is 693 g/mol. The van der Waals surface area contributed by atoms with Crippen LogP contribution >= 0.6 is 0 Å². The van der Waals surface area contributed by atoms with Gasteiger partial charge >= 0.3 is 36.4 Å². The largest absolute Gasteiger partial charge is 0.490 e. The number of rotatable bonds is 3. The number of likely N-dealkylation sites (tertiary alicyclic amines) is 2. The average molecular weight is 724 g/mol. The van der Waals surface area contributed by atoms with Gasteiger partial charge in [-0.3, -0.25) is 14.7 Å². The molecule has 1 atom stereocenters. The normalized spacial score (nSPS) is 18.8. The number of ether oxygens (including phenoxy) is 1. The summed E-state index contributed by atoms with van der Waals surface area (Å²) in [6.45, 7) is 5.04. The smallest absolute Gasteiger partial charge is 0.475 e. The number of hydrogen-bond acceptors (Lipinski definition) is 8. The molecule has 0 aromatic carbocycles. The van der Waals surface area contributed by atoms with E-state index in [0.29, 0.717) is 6.54 Å². The van der Waals surface area contributed by atoms with Crippen molar-refractivity contribution in [2.24, 2.45) is 0 Å². The number of carboxylic acid groups (broad SMARTS) is 3. The van der Waals surface area contributed by atoms with E-state index in [1.54, 1.807) is 0 Å². The molecule has 2 aromatic heterocycles. The highest BCUT2D eigenvalue weighted by Gasteiger charge is 2.48. The summed E-state index contributed by atoms with van der Waals surface area (Å²) in [6, 6.07) is 4.10. The first-order valence-electron chi connectivity index (χ1n) is 14.1. The van der Waals surface area contributed by atoms with Crippen molar-refractivity contribution >= 4 is 23.8 Å². The van der Waals surface area contributed by atoms with E-state index in [4.69, 9.17) is 34.4 Å². The number of alkyl halides is 9. The fourth-order valence-corrected chi connectivity index (χ4v) is 4.83. The number of amides is 1. The number of halogens is 9. The fraction of sp³-hybridized carbons (Fsp3) is 0.556. The summed E-state index contributed by atoms with van der Waals surface area (Å²) in [5, 5.41) is 21.4. The van der Waals surface area contributed by atoms with Crippen LogP contribution in [0, 0.1) is 0 Å². The molecule has 0 saturated carbocycles. The number of fused-ring (bicyclic) bond motifs is 2. The van der Waals surface area contributed by atoms with Gasteiger partial charge < -0.3 is 29.5 Å². The number of hydrogen-bond donors (Lipinski definition) is 3. The summed E-state index contributed by atoms with van der Waals surface area (Å²) in [4.78, 5) is 52.9. The average Bonchev–Trinajstić information content (AvgIpc) is 3.72. The SMILES string of the molecule is O=C(C1Cn2ccnc2C2(CCN(Cc3cccnc3)CC2)O1)N1CCCC1.O=C(O)C(F)(F)F.O=C(O)C(F)(F)F.O=C(O)C(F)(F)F. The third-order valence-corrected chi connectivity index (χ3v) is 7.07. The lowest BCUT2D eigenvalue weighted by atomic mass is 9.88. The minimum atomic E-state index is -5.08. The maximum Gasteiger partial charge on any atom is 0.490 e. The van der Waals surface area contributed by atoms with E-state index in [1.165, 1.54) is 5.56 Å². The molecule has 0 aliphatic carbocycles. The van der Waals surface area contributed by atoms with Crippen molar-refractivity contribution < 1.29 is 78.7 Å². The summed E-state index contributed by atoms with van der Waals surface area (Å²) < 4.78 is 104.